The zero-order chi connectivity index (χ0) is 15.4. The minimum absolute atomic E-state index is 0.00256. The van der Waals surface area contributed by atoms with Crippen molar-refractivity contribution < 1.29 is 19.8 Å². The third-order valence-corrected chi connectivity index (χ3v) is 2.91. The number of phenols is 1. The molecule has 6 nitrogen and oxygen atoms in total. The number of aliphatic hydroxyl groups excluding tert-OH is 1. The van der Waals surface area contributed by atoms with E-state index in [0.717, 1.165) is 0 Å². The van der Waals surface area contributed by atoms with Crippen molar-refractivity contribution in [3.8, 4) is 5.75 Å². The van der Waals surface area contributed by atoms with Gasteiger partial charge >= 0.3 is 11.8 Å². The second-order valence-corrected chi connectivity index (χ2v) is 4.69. The van der Waals surface area contributed by atoms with Crippen molar-refractivity contribution in [2.45, 2.75) is 13.0 Å². The highest BCUT2D eigenvalue weighted by Crippen LogP contribution is 2.29. The Morgan fingerprint density at radius 3 is 2.48 bits per heavy atom. The normalized spacial score (nSPS) is 11.9. The number of anilines is 1. The van der Waals surface area contributed by atoms with Gasteiger partial charge in [-0.25, -0.2) is 0 Å². The summed E-state index contributed by atoms with van der Waals surface area (Å²) in [6, 6.07) is 9.96. The Hall–Kier alpha value is -2.60. The molecule has 0 unspecified atom stereocenters. The molecular weight excluding hydrogens is 272 g/mol. The molecule has 1 atom stereocenters. The maximum atomic E-state index is 11.8. The van der Waals surface area contributed by atoms with Crippen LogP contribution in [-0.4, -0.2) is 34.7 Å². The van der Waals surface area contributed by atoms with E-state index in [4.69, 9.17) is 5.11 Å². The molecule has 2 amide bonds. The maximum absolute atomic E-state index is 11.8. The Labute approximate surface area is 121 Å². The molecule has 2 aromatic rings. The average Bonchev–Trinajstić information content (AvgIpc) is 2.45. The fourth-order valence-electron chi connectivity index (χ4n) is 1.90. The van der Waals surface area contributed by atoms with Crippen LogP contribution in [0.1, 0.15) is 6.92 Å². The molecule has 4 N–H and O–H groups in total. The monoisotopic (exact) mass is 288 g/mol. The van der Waals surface area contributed by atoms with Crippen molar-refractivity contribution in [1.29, 1.82) is 0 Å². The van der Waals surface area contributed by atoms with Crippen molar-refractivity contribution in [2.24, 2.45) is 0 Å². The van der Waals surface area contributed by atoms with Gasteiger partial charge in [-0.1, -0.05) is 24.3 Å². The lowest BCUT2D eigenvalue weighted by molar-refractivity contribution is -0.136. The van der Waals surface area contributed by atoms with E-state index < -0.39 is 17.9 Å². The Bertz CT molecular complexity index is 682. The van der Waals surface area contributed by atoms with Crippen LogP contribution in [0.2, 0.25) is 0 Å². The number of aliphatic hydroxyl groups is 1. The third-order valence-electron chi connectivity index (χ3n) is 2.91. The lowest BCUT2D eigenvalue weighted by Crippen LogP contribution is -2.38. The van der Waals surface area contributed by atoms with Gasteiger partial charge in [0.1, 0.15) is 5.75 Å². The molecular formula is C15H16N2O4. The number of phenolic OH excluding ortho intramolecular Hbond substituents is 1. The molecule has 0 spiro atoms. The fraction of sp³-hybridized carbons (Fsp3) is 0.200. The van der Waals surface area contributed by atoms with Crippen LogP contribution in [0.4, 0.5) is 5.69 Å². The predicted octanol–water partition coefficient (Wildman–Crippen LogP) is 0.981. The SMILES string of the molecule is C[C@@H](O)CNC(=O)C(=O)Nc1cccc2c(O)cccc12. The lowest BCUT2D eigenvalue weighted by atomic mass is 10.1. The maximum Gasteiger partial charge on any atom is 0.313 e. The first kappa shape index (κ1) is 14.8. The fourth-order valence-corrected chi connectivity index (χ4v) is 1.90. The van der Waals surface area contributed by atoms with Gasteiger partial charge in [0.25, 0.3) is 0 Å². The number of hydrogen-bond donors (Lipinski definition) is 4. The molecule has 0 fully saturated rings. The van der Waals surface area contributed by atoms with Crippen molar-refractivity contribution in [3.05, 3.63) is 36.4 Å². The highest BCUT2D eigenvalue weighted by molar-refractivity contribution is 6.40. The van der Waals surface area contributed by atoms with Gasteiger partial charge in [0, 0.05) is 23.0 Å². The summed E-state index contributed by atoms with van der Waals surface area (Å²) in [5, 5.41) is 24.9. The van der Waals surface area contributed by atoms with Crippen LogP contribution < -0.4 is 10.6 Å². The van der Waals surface area contributed by atoms with Gasteiger partial charge in [-0.2, -0.15) is 0 Å². The summed E-state index contributed by atoms with van der Waals surface area (Å²) in [6.45, 7) is 1.51. The molecule has 0 aliphatic heterocycles. The Morgan fingerprint density at radius 2 is 1.76 bits per heavy atom. The second-order valence-electron chi connectivity index (χ2n) is 4.69. The highest BCUT2D eigenvalue weighted by atomic mass is 16.3. The molecule has 0 saturated heterocycles. The molecule has 0 bridgehead atoms. The van der Waals surface area contributed by atoms with Crippen molar-refractivity contribution in [3.63, 3.8) is 0 Å². The summed E-state index contributed by atoms with van der Waals surface area (Å²) in [7, 11) is 0. The van der Waals surface area contributed by atoms with Crippen LogP contribution in [0.25, 0.3) is 10.8 Å². The van der Waals surface area contributed by atoms with Gasteiger partial charge in [0.05, 0.1) is 6.10 Å². The van der Waals surface area contributed by atoms with Gasteiger partial charge in [-0.15, -0.1) is 0 Å². The van der Waals surface area contributed by atoms with E-state index in [1.807, 2.05) is 0 Å². The zero-order valence-corrected chi connectivity index (χ0v) is 11.5. The van der Waals surface area contributed by atoms with Crippen LogP contribution >= 0.6 is 0 Å². The third kappa shape index (κ3) is 3.49. The van der Waals surface area contributed by atoms with Crippen LogP contribution in [0.15, 0.2) is 36.4 Å². The van der Waals surface area contributed by atoms with E-state index >= 15 is 0 Å². The van der Waals surface area contributed by atoms with Crippen LogP contribution in [0.3, 0.4) is 0 Å². The molecule has 0 aliphatic carbocycles. The van der Waals surface area contributed by atoms with Gasteiger partial charge in [0.2, 0.25) is 0 Å². The summed E-state index contributed by atoms with van der Waals surface area (Å²) in [5.74, 6) is -1.55. The number of carbonyl (C=O) groups is 2. The molecule has 0 aromatic heterocycles. The van der Waals surface area contributed by atoms with Crippen LogP contribution in [0.5, 0.6) is 5.75 Å². The molecule has 21 heavy (non-hydrogen) atoms. The minimum atomic E-state index is -0.827. The van der Waals surface area contributed by atoms with E-state index in [2.05, 4.69) is 10.6 Å². The minimum Gasteiger partial charge on any atom is -0.507 e. The van der Waals surface area contributed by atoms with Crippen molar-refractivity contribution >= 4 is 28.3 Å². The van der Waals surface area contributed by atoms with E-state index in [9.17, 15) is 14.7 Å². The first-order chi connectivity index (χ1) is 9.99. The molecule has 6 heteroatoms. The number of nitrogens with one attached hydrogen (secondary N) is 2. The number of carbonyl (C=O) groups excluding carboxylic acids is 2. The molecule has 2 aromatic carbocycles. The van der Waals surface area contributed by atoms with Crippen molar-refractivity contribution in [1.82, 2.24) is 5.32 Å². The second kappa shape index (κ2) is 6.23. The number of rotatable bonds is 3. The average molecular weight is 288 g/mol. The van der Waals surface area contributed by atoms with E-state index in [1.165, 1.54) is 6.92 Å². The van der Waals surface area contributed by atoms with E-state index in [0.29, 0.717) is 16.5 Å². The van der Waals surface area contributed by atoms with Gasteiger partial charge < -0.3 is 20.8 Å². The molecule has 0 aliphatic rings. The number of fused-ring (bicyclic) bond motifs is 1. The van der Waals surface area contributed by atoms with Gasteiger partial charge in [-0.3, -0.25) is 9.59 Å². The highest BCUT2D eigenvalue weighted by Gasteiger charge is 2.15. The summed E-state index contributed by atoms with van der Waals surface area (Å²) >= 11 is 0. The van der Waals surface area contributed by atoms with Gasteiger partial charge in [-0.05, 0) is 19.1 Å². The molecule has 0 heterocycles. The Balaban J connectivity index is 2.18. The molecule has 0 saturated carbocycles. The van der Waals surface area contributed by atoms with Crippen LogP contribution in [-0.2, 0) is 9.59 Å². The summed E-state index contributed by atoms with van der Waals surface area (Å²) in [4.78, 5) is 23.4. The molecule has 0 radical (unpaired) electrons. The first-order valence-electron chi connectivity index (χ1n) is 6.47. The standard InChI is InChI=1S/C15H16N2O4/c1-9(18)8-16-14(20)15(21)17-12-6-2-5-11-10(12)4-3-7-13(11)19/h2-7,9,18-19H,8H2,1H3,(H,16,20)(H,17,21)/t9-/m1/s1. The summed E-state index contributed by atoms with van der Waals surface area (Å²) < 4.78 is 0. The van der Waals surface area contributed by atoms with E-state index in [1.54, 1.807) is 36.4 Å². The van der Waals surface area contributed by atoms with Gasteiger partial charge in [0.15, 0.2) is 0 Å². The number of hydrogen-bond acceptors (Lipinski definition) is 4. The lowest BCUT2D eigenvalue weighted by Gasteiger charge is -2.10. The number of benzene rings is 2. The number of amides is 2. The zero-order valence-electron chi connectivity index (χ0n) is 11.5. The van der Waals surface area contributed by atoms with Crippen LogP contribution in [0, 0.1) is 0 Å². The van der Waals surface area contributed by atoms with Crippen molar-refractivity contribution in [2.75, 3.05) is 11.9 Å². The van der Waals surface area contributed by atoms with E-state index in [-0.39, 0.29) is 12.3 Å². The predicted molar refractivity (Wildman–Crippen MR) is 78.9 cm³/mol. The quantitative estimate of drug-likeness (QED) is 0.633. The molecule has 2 rings (SSSR count). The topological polar surface area (TPSA) is 98.7 Å². The number of aromatic hydroxyl groups is 1. The largest absolute Gasteiger partial charge is 0.507 e. The smallest absolute Gasteiger partial charge is 0.313 e. The Morgan fingerprint density at radius 1 is 1.10 bits per heavy atom. The summed E-state index contributed by atoms with van der Waals surface area (Å²) in [5.41, 5.74) is 0.431. The summed E-state index contributed by atoms with van der Waals surface area (Å²) in [6.07, 6.45) is -0.726. The first-order valence-corrected chi connectivity index (χ1v) is 6.47. The molecule has 110 valence electrons. The Kier molecular flexibility index (Phi) is 4.39.